The van der Waals surface area contributed by atoms with E-state index in [4.69, 9.17) is 51.1 Å². The van der Waals surface area contributed by atoms with E-state index in [1.54, 1.807) is 37.3 Å². The molecule has 116 valence electrons. The van der Waals surface area contributed by atoms with Gasteiger partial charge in [0.1, 0.15) is 5.75 Å². The van der Waals surface area contributed by atoms with Crippen LogP contribution in [0, 0.1) is 6.92 Å². The summed E-state index contributed by atoms with van der Waals surface area (Å²) < 4.78 is 5.45. The Balaban J connectivity index is 2.03. The summed E-state index contributed by atoms with van der Waals surface area (Å²) in [6.45, 7) is 1.57. The highest BCUT2D eigenvalue weighted by Gasteiger charge is 2.11. The van der Waals surface area contributed by atoms with Crippen molar-refractivity contribution in [3.63, 3.8) is 0 Å². The van der Waals surface area contributed by atoms with Crippen LogP contribution in [0.25, 0.3) is 0 Å². The first kappa shape index (κ1) is 17.2. The maximum atomic E-state index is 11.9. The quantitative estimate of drug-likeness (QED) is 0.748. The summed E-state index contributed by atoms with van der Waals surface area (Å²) in [7, 11) is 0. The molecule has 0 spiro atoms. The molecule has 2 aromatic rings. The molecule has 0 aliphatic carbocycles. The molecule has 0 radical (unpaired) electrons. The summed E-state index contributed by atoms with van der Waals surface area (Å²) in [4.78, 5) is 11.9. The number of anilines is 1. The van der Waals surface area contributed by atoms with Gasteiger partial charge in [0.05, 0.1) is 15.7 Å². The van der Waals surface area contributed by atoms with Gasteiger partial charge in [0.2, 0.25) is 0 Å². The molecular weight excluding hydrogens is 368 g/mol. The molecule has 0 fully saturated rings. The topological polar surface area (TPSA) is 38.3 Å². The Morgan fingerprint density at radius 2 is 1.77 bits per heavy atom. The molecule has 0 atom stereocenters. The summed E-state index contributed by atoms with van der Waals surface area (Å²) in [6.07, 6.45) is 0. The Bertz CT molecular complexity index is 696. The van der Waals surface area contributed by atoms with Crippen molar-refractivity contribution < 1.29 is 9.53 Å². The summed E-state index contributed by atoms with van der Waals surface area (Å²) >= 11 is 23.8. The number of halogens is 4. The van der Waals surface area contributed by atoms with Crippen LogP contribution in [0.4, 0.5) is 5.69 Å². The first-order valence-corrected chi connectivity index (χ1v) is 7.71. The minimum atomic E-state index is -0.380. The van der Waals surface area contributed by atoms with Gasteiger partial charge in [-0.15, -0.1) is 0 Å². The highest BCUT2D eigenvalue weighted by Crippen LogP contribution is 2.32. The van der Waals surface area contributed by atoms with E-state index in [1.165, 1.54) is 0 Å². The van der Waals surface area contributed by atoms with Crippen molar-refractivity contribution in [2.45, 2.75) is 6.92 Å². The average molecular weight is 379 g/mol. The zero-order chi connectivity index (χ0) is 16.3. The van der Waals surface area contributed by atoms with Crippen molar-refractivity contribution in [3.05, 3.63) is 56.0 Å². The lowest BCUT2D eigenvalue weighted by Gasteiger charge is -2.12. The fourth-order valence-corrected chi connectivity index (χ4v) is 2.78. The SMILES string of the molecule is Cc1cc(Cl)cc(Cl)c1OCC(=O)Nc1cc(Cl)ccc1Cl. The maximum Gasteiger partial charge on any atom is 0.262 e. The fourth-order valence-electron chi connectivity index (χ4n) is 1.79. The van der Waals surface area contributed by atoms with E-state index in [-0.39, 0.29) is 12.5 Å². The lowest BCUT2D eigenvalue weighted by Crippen LogP contribution is -2.20. The zero-order valence-electron chi connectivity index (χ0n) is 11.4. The van der Waals surface area contributed by atoms with Crippen LogP contribution in [-0.4, -0.2) is 12.5 Å². The minimum absolute atomic E-state index is 0.217. The molecular formula is C15H11Cl4NO2. The van der Waals surface area contributed by atoms with Crippen LogP contribution >= 0.6 is 46.4 Å². The van der Waals surface area contributed by atoms with Gasteiger partial charge in [0, 0.05) is 10.0 Å². The Labute approximate surface area is 148 Å². The summed E-state index contributed by atoms with van der Waals surface area (Å²) in [5, 5.41) is 4.33. The van der Waals surface area contributed by atoms with Gasteiger partial charge in [-0.05, 0) is 42.8 Å². The van der Waals surface area contributed by atoms with Gasteiger partial charge in [-0.3, -0.25) is 4.79 Å². The van der Waals surface area contributed by atoms with Crippen molar-refractivity contribution in [2.24, 2.45) is 0 Å². The van der Waals surface area contributed by atoms with Gasteiger partial charge >= 0.3 is 0 Å². The molecule has 0 heterocycles. The second-order valence-electron chi connectivity index (χ2n) is 4.49. The molecule has 2 aromatic carbocycles. The van der Waals surface area contributed by atoms with Crippen molar-refractivity contribution in [2.75, 3.05) is 11.9 Å². The third kappa shape index (κ3) is 4.43. The van der Waals surface area contributed by atoms with E-state index < -0.39 is 0 Å². The van der Waals surface area contributed by atoms with E-state index >= 15 is 0 Å². The van der Waals surface area contributed by atoms with E-state index in [0.717, 1.165) is 5.56 Å². The Morgan fingerprint density at radius 1 is 1.05 bits per heavy atom. The highest BCUT2D eigenvalue weighted by molar-refractivity contribution is 6.36. The van der Waals surface area contributed by atoms with Gasteiger partial charge in [0.25, 0.3) is 5.91 Å². The second kappa shape index (κ2) is 7.42. The number of ether oxygens (including phenoxy) is 1. The first-order chi connectivity index (χ1) is 10.4. The highest BCUT2D eigenvalue weighted by atomic mass is 35.5. The smallest absolute Gasteiger partial charge is 0.262 e. The molecule has 0 aliphatic rings. The lowest BCUT2D eigenvalue weighted by molar-refractivity contribution is -0.118. The third-order valence-electron chi connectivity index (χ3n) is 2.74. The molecule has 2 rings (SSSR count). The number of benzene rings is 2. The second-order valence-corrected chi connectivity index (χ2v) is 6.18. The maximum absolute atomic E-state index is 11.9. The lowest BCUT2D eigenvalue weighted by atomic mass is 10.2. The van der Waals surface area contributed by atoms with Gasteiger partial charge in [-0.2, -0.15) is 0 Å². The number of hydrogen-bond acceptors (Lipinski definition) is 2. The number of nitrogens with one attached hydrogen (secondary N) is 1. The van der Waals surface area contributed by atoms with Crippen LogP contribution in [-0.2, 0) is 4.79 Å². The number of carbonyl (C=O) groups excluding carboxylic acids is 1. The fraction of sp³-hybridized carbons (Fsp3) is 0.133. The van der Waals surface area contributed by atoms with Crippen LogP contribution in [0.2, 0.25) is 20.1 Å². The number of carbonyl (C=O) groups is 1. The van der Waals surface area contributed by atoms with Gasteiger partial charge in [-0.25, -0.2) is 0 Å². The van der Waals surface area contributed by atoms with Gasteiger partial charge < -0.3 is 10.1 Å². The van der Waals surface area contributed by atoms with Gasteiger partial charge in [0.15, 0.2) is 6.61 Å². The third-order valence-corrected chi connectivity index (χ3v) is 3.81. The molecule has 0 aromatic heterocycles. The summed E-state index contributed by atoms with van der Waals surface area (Å²) in [5.41, 5.74) is 1.16. The number of rotatable bonds is 4. The molecule has 0 aliphatic heterocycles. The molecule has 1 amide bonds. The van der Waals surface area contributed by atoms with Crippen molar-refractivity contribution in [1.82, 2.24) is 0 Å². The van der Waals surface area contributed by atoms with Gasteiger partial charge in [-0.1, -0.05) is 46.4 Å². The zero-order valence-corrected chi connectivity index (χ0v) is 14.4. The molecule has 0 unspecified atom stereocenters. The number of aryl methyl sites for hydroxylation is 1. The van der Waals surface area contributed by atoms with Crippen LogP contribution in [0.5, 0.6) is 5.75 Å². The monoisotopic (exact) mass is 377 g/mol. The summed E-state index contributed by atoms with van der Waals surface area (Å²) in [6, 6.07) is 8.04. The Kier molecular flexibility index (Phi) is 5.81. The molecule has 1 N–H and O–H groups in total. The van der Waals surface area contributed by atoms with Crippen LogP contribution in [0.1, 0.15) is 5.56 Å². The molecule has 3 nitrogen and oxygen atoms in total. The predicted molar refractivity (Wildman–Crippen MR) is 91.8 cm³/mol. The molecule has 0 bridgehead atoms. The van der Waals surface area contributed by atoms with E-state index in [1.807, 2.05) is 0 Å². The number of amides is 1. The van der Waals surface area contributed by atoms with E-state index in [2.05, 4.69) is 5.32 Å². The predicted octanol–water partition coefficient (Wildman–Crippen LogP) is 5.63. The average Bonchev–Trinajstić information content (AvgIpc) is 2.41. The minimum Gasteiger partial charge on any atom is -0.482 e. The molecule has 22 heavy (non-hydrogen) atoms. The van der Waals surface area contributed by atoms with Crippen LogP contribution < -0.4 is 10.1 Å². The number of hydrogen-bond donors (Lipinski definition) is 1. The molecule has 0 saturated heterocycles. The standard InChI is InChI=1S/C15H11Cl4NO2/c1-8-4-10(17)5-12(19)15(8)22-7-14(21)20-13-6-9(16)2-3-11(13)18/h2-6H,7H2,1H3,(H,20,21). The van der Waals surface area contributed by atoms with Crippen LogP contribution in [0.3, 0.4) is 0 Å². The van der Waals surface area contributed by atoms with Crippen molar-refractivity contribution in [3.8, 4) is 5.75 Å². The molecule has 7 heteroatoms. The van der Waals surface area contributed by atoms with Crippen molar-refractivity contribution in [1.29, 1.82) is 0 Å². The van der Waals surface area contributed by atoms with Crippen LogP contribution in [0.15, 0.2) is 30.3 Å². The van der Waals surface area contributed by atoms with E-state index in [9.17, 15) is 4.79 Å². The van der Waals surface area contributed by atoms with Crippen molar-refractivity contribution >= 4 is 58.0 Å². The first-order valence-electron chi connectivity index (χ1n) is 6.20. The van der Waals surface area contributed by atoms with E-state index in [0.29, 0.717) is 31.5 Å². The normalized spacial score (nSPS) is 10.4. The molecule has 0 saturated carbocycles. The Morgan fingerprint density at radius 3 is 2.45 bits per heavy atom. The Hall–Kier alpha value is -1.13. The largest absolute Gasteiger partial charge is 0.482 e. The summed E-state index contributed by atoms with van der Waals surface area (Å²) in [5.74, 6) is 0.0352.